The van der Waals surface area contributed by atoms with Crippen LogP contribution in [0.3, 0.4) is 0 Å². The molecule has 126 valence electrons. The average molecular weight is 326 g/mol. The number of rotatable bonds is 4. The molecule has 1 atom stereocenters. The van der Waals surface area contributed by atoms with Gasteiger partial charge in [0.15, 0.2) is 0 Å². The third-order valence-electron chi connectivity index (χ3n) is 4.51. The molecule has 0 unspecified atom stereocenters. The van der Waals surface area contributed by atoms with Gasteiger partial charge in [0.05, 0.1) is 28.7 Å². The van der Waals surface area contributed by atoms with Crippen LogP contribution in [0.25, 0.3) is 5.69 Å². The summed E-state index contributed by atoms with van der Waals surface area (Å²) >= 11 is 0. The van der Waals surface area contributed by atoms with E-state index in [0.717, 1.165) is 22.8 Å². The maximum Gasteiger partial charge on any atom is 0.229 e. The van der Waals surface area contributed by atoms with Crippen LogP contribution >= 0.6 is 0 Å². The largest absolute Gasteiger partial charge is 0.342 e. The van der Waals surface area contributed by atoms with Crippen molar-refractivity contribution in [3.8, 4) is 5.69 Å². The number of nitrogens with one attached hydrogen (secondary N) is 1. The van der Waals surface area contributed by atoms with E-state index in [2.05, 4.69) is 10.4 Å². The van der Waals surface area contributed by atoms with E-state index in [4.69, 9.17) is 0 Å². The lowest BCUT2D eigenvalue weighted by atomic mass is 10.1. The van der Waals surface area contributed by atoms with E-state index in [1.165, 1.54) is 0 Å². The van der Waals surface area contributed by atoms with E-state index in [1.54, 1.807) is 4.90 Å². The standard InChI is InChI=1S/C18H22N4O2/c1-4-21-11-14(10-16(21)23)18(24)19-17-12(2)20-22(13(17)3)15-8-6-5-7-9-15/h5-9,14H,4,10-11H2,1-3H3,(H,19,24)/t14-/m0/s1. The van der Waals surface area contributed by atoms with Crippen LogP contribution in [0.4, 0.5) is 5.69 Å². The molecule has 0 bridgehead atoms. The molecule has 0 spiro atoms. The van der Waals surface area contributed by atoms with Crippen molar-refractivity contribution in [3.63, 3.8) is 0 Å². The van der Waals surface area contributed by atoms with Gasteiger partial charge in [0.2, 0.25) is 11.8 Å². The Balaban J connectivity index is 1.80. The molecule has 2 amide bonds. The maximum atomic E-state index is 12.5. The molecule has 0 aliphatic carbocycles. The Bertz CT molecular complexity index is 767. The fourth-order valence-electron chi connectivity index (χ4n) is 3.12. The predicted molar refractivity (Wildman–Crippen MR) is 92.0 cm³/mol. The first-order chi connectivity index (χ1) is 11.5. The molecular weight excluding hydrogens is 304 g/mol. The highest BCUT2D eigenvalue weighted by Crippen LogP contribution is 2.25. The number of aryl methyl sites for hydroxylation is 1. The molecule has 1 aromatic carbocycles. The van der Waals surface area contributed by atoms with Crippen LogP contribution in [0.1, 0.15) is 24.7 Å². The highest BCUT2D eigenvalue weighted by Gasteiger charge is 2.34. The molecule has 1 saturated heterocycles. The highest BCUT2D eigenvalue weighted by atomic mass is 16.2. The molecule has 6 nitrogen and oxygen atoms in total. The zero-order valence-electron chi connectivity index (χ0n) is 14.2. The van der Waals surface area contributed by atoms with E-state index < -0.39 is 0 Å². The lowest BCUT2D eigenvalue weighted by molar-refractivity contribution is -0.128. The van der Waals surface area contributed by atoms with E-state index >= 15 is 0 Å². The van der Waals surface area contributed by atoms with Crippen LogP contribution < -0.4 is 5.32 Å². The van der Waals surface area contributed by atoms with E-state index in [-0.39, 0.29) is 24.2 Å². The van der Waals surface area contributed by atoms with Crippen molar-refractivity contribution in [1.82, 2.24) is 14.7 Å². The second-order valence-electron chi connectivity index (χ2n) is 6.12. The van der Waals surface area contributed by atoms with Gasteiger partial charge in [-0.1, -0.05) is 18.2 Å². The molecule has 1 N–H and O–H groups in total. The van der Waals surface area contributed by atoms with Crippen LogP contribution in [-0.4, -0.2) is 39.6 Å². The molecular formula is C18H22N4O2. The fraction of sp³-hybridized carbons (Fsp3) is 0.389. The lowest BCUT2D eigenvalue weighted by Gasteiger charge is -2.14. The summed E-state index contributed by atoms with van der Waals surface area (Å²) in [6.45, 7) is 6.87. The first kappa shape index (κ1) is 16.2. The minimum absolute atomic E-state index is 0.0473. The lowest BCUT2D eigenvalue weighted by Crippen LogP contribution is -2.28. The number of anilines is 1. The number of hydrogen-bond donors (Lipinski definition) is 1. The van der Waals surface area contributed by atoms with Crippen molar-refractivity contribution in [2.45, 2.75) is 27.2 Å². The van der Waals surface area contributed by atoms with Crippen molar-refractivity contribution in [2.24, 2.45) is 5.92 Å². The summed E-state index contributed by atoms with van der Waals surface area (Å²) in [7, 11) is 0. The van der Waals surface area contributed by atoms with Crippen LogP contribution in [0.2, 0.25) is 0 Å². The first-order valence-electron chi connectivity index (χ1n) is 8.21. The summed E-state index contributed by atoms with van der Waals surface area (Å²) in [5.41, 5.74) is 3.32. The predicted octanol–water partition coefficient (Wildman–Crippen LogP) is 2.30. The Labute approximate surface area is 141 Å². The van der Waals surface area contributed by atoms with Gasteiger partial charge in [0.1, 0.15) is 0 Å². The normalized spacial score (nSPS) is 17.4. The summed E-state index contributed by atoms with van der Waals surface area (Å²) in [6.07, 6.45) is 0.282. The molecule has 2 aromatic rings. The summed E-state index contributed by atoms with van der Waals surface area (Å²) < 4.78 is 1.82. The summed E-state index contributed by atoms with van der Waals surface area (Å²) in [5.74, 6) is -0.361. The Morgan fingerprint density at radius 3 is 2.62 bits per heavy atom. The van der Waals surface area contributed by atoms with Gasteiger partial charge < -0.3 is 10.2 Å². The SMILES string of the molecule is CCN1C[C@@H](C(=O)Nc2c(C)nn(-c3ccccc3)c2C)CC1=O. The quantitative estimate of drug-likeness (QED) is 0.937. The first-order valence-corrected chi connectivity index (χ1v) is 8.21. The highest BCUT2D eigenvalue weighted by molar-refractivity contribution is 5.98. The topological polar surface area (TPSA) is 67.2 Å². The molecule has 1 fully saturated rings. The Hall–Kier alpha value is -2.63. The van der Waals surface area contributed by atoms with Crippen LogP contribution in [0.15, 0.2) is 30.3 Å². The van der Waals surface area contributed by atoms with Crippen molar-refractivity contribution < 1.29 is 9.59 Å². The third kappa shape index (κ3) is 2.91. The molecule has 2 heterocycles. The number of aromatic nitrogens is 2. The van der Waals surface area contributed by atoms with Crippen molar-refractivity contribution in [3.05, 3.63) is 41.7 Å². The fourth-order valence-corrected chi connectivity index (χ4v) is 3.12. The van der Waals surface area contributed by atoms with Gasteiger partial charge in [0.25, 0.3) is 0 Å². The zero-order chi connectivity index (χ0) is 17.3. The Kier molecular flexibility index (Phi) is 4.38. The maximum absolute atomic E-state index is 12.5. The van der Waals surface area contributed by atoms with Crippen LogP contribution in [0.5, 0.6) is 0 Å². The molecule has 24 heavy (non-hydrogen) atoms. The number of hydrogen-bond acceptors (Lipinski definition) is 3. The van der Waals surface area contributed by atoms with Gasteiger partial charge in [-0.25, -0.2) is 4.68 Å². The minimum Gasteiger partial charge on any atom is -0.342 e. The van der Waals surface area contributed by atoms with Crippen LogP contribution in [-0.2, 0) is 9.59 Å². The molecule has 0 saturated carbocycles. The van der Waals surface area contributed by atoms with Gasteiger partial charge >= 0.3 is 0 Å². The number of amides is 2. The van der Waals surface area contributed by atoms with E-state index in [1.807, 2.05) is 55.8 Å². The number of nitrogens with zero attached hydrogens (tertiary/aromatic N) is 3. The molecule has 1 aliphatic heterocycles. The van der Waals surface area contributed by atoms with Crippen LogP contribution in [0, 0.1) is 19.8 Å². The summed E-state index contributed by atoms with van der Waals surface area (Å²) in [6, 6.07) is 9.80. The molecule has 1 aliphatic rings. The van der Waals surface area contributed by atoms with E-state index in [0.29, 0.717) is 13.1 Å². The monoisotopic (exact) mass is 326 g/mol. The molecule has 3 rings (SSSR count). The van der Waals surface area contributed by atoms with Crippen molar-refractivity contribution in [2.75, 3.05) is 18.4 Å². The molecule has 0 radical (unpaired) electrons. The molecule has 1 aromatic heterocycles. The van der Waals surface area contributed by atoms with Gasteiger partial charge in [-0.3, -0.25) is 9.59 Å². The zero-order valence-corrected chi connectivity index (χ0v) is 14.2. The van der Waals surface area contributed by atoms with Gasteiger partial charge in [0, 0.05) is 19.5 Å². The smallest absolute Gasteiger partial charge is 0.229 e. The average Bonchev–Trinajstić information content (AvgIpc) is 3.10. The van der Waals surface area contributed by atoms with Crippen molar-refractivity contribution >= 4 is 17.5 Å². The molecule has 6 heteroatoms. The van der Waals surface area contributed by atoms with E-state index in [9.17, 15) is 9.59 Å². The van der Waals surface area contributed by atoms with Gasteiger partial charge in [-0.15, -0.1) is 0 Å². The number of carbonyl (C=O) groups is 2. The second-order valence-corrected chi connectivity index (χ2v) is 6.12. The third-order valence-corrected chi connectivity index (χ3v) is 4.51. The Morgan fingerprint density at radius 2 is 2.00 bits per heavy atom. The number of benzene rings is 1. The minimum atomic E-state index is -0.295. The number of carbonyl (C=O) groups excluding carboxylic acids is 2. The Morgan fingerprint density at radius 1 is 1.29 bits per heavy atom. The van der Waals surface area contributed by atoms with Gasteiger partial charge in [-0.2, -0.15) is 5.10 Å². The number of para-hydroxylation sites is 1. The van der Waals surface area contributed by atoms with Gasteiger partial charge in [-0.05, 0) is 32.9 Å². The number of likely N-dealkylation sites (tertiary alicyclic amines) is 1. The summed E-state index contributed by atoms with van der Waals surface area (Å²) in [5, 5.41) is 7.51. The summed E-state index contributed by atoms with van der Waals surface area (Å²) in [4.78, 5) is 26.1. The second kappa shape index (κ2) is 6.47. The van der Waals surface area contributed by atoms with Crippen molar-refractivity contribution in [1.29, 1.82) is 0 Å².